The van der Waals surface area contributed by atoms with Crippen LogP contribution in [-0.2, 0) is 4.79 Å². The molecule has 1 aromatic rings. The van der Waals surface area contributed by atoms with Gasteiger partial charge in [-0.25, -0.2) is 0 Å². The predicted octanol–water partition coefficient (Wildman–Crippen LogP) is 5.95. The molecule has 0 atom stereocenters. The molecule has 2 aliphatic carbocycles. The average molecular weight is 443 g/mol. The van der Waals surface area contributed by atoms with Gasteiger partial charge in [-0.1, -0.05) is 38.5 Å². The monoisotopic (exact) mass is 442 g/mol. The minimum absolute atomic E-state index is 0.112. The summed E-state index contributed by atoms with van der Waals surface area (Å²) >= 11 is 1.56. The summed E-state index contributed by atoms with van der Waals surface area (Å²) in [5, 5.41) is 0.924. The van der Waals surface area contributed by atoms with Crippen LogP contribution in [0.15, 0.2) is 22.0 Å². The zero-order valence-corrected chi connectivity index (χ0v) is 19.8. The number of amidine groups is 1. The van der Waals surface area contributed by atoms with Crippen LogP contribution in [0.5, 0.6) is 11.5 Å². The lowest BCUT2D eigenvalue weighted by Gasteiger charge is -2.31. The number of methoxy groups -OCH3 is 2. The zero-order chi connectivity index (χ0) is 21.8. The number of benzene rings is 1. The second-order valence-corrected chi connectivity index (χ2v) is 9.85. The van der Waals surface area contributed by atoms with Crippen molar-refractivity contribution in [2.75, 3.05) is 14.2 Å². The van der Waals surface area contributed by atoms with Crippen molar-refractivity contribution < 1.29 is 14.3 Å². The van der Waals surface area contributed by atoms with Gasteiger partial charge in [0.2, 0.25) is 0 Å². The first-order valence-corrected chi connectivity index (χ1v) is 12.5. The molecule has 2 saturated carbocycles. The Morgan fingerprint density at radius 3 is 2.23 bits per heavy atom. The van der Waals surface area contributed by atoms with Crippen molar-refractivity contribution in [3.63, 3.8) is 0 Å². The second-order valence-electron chi connectivity index (χ2n) is 8.84. The van der Waals surface area contributed by atoms with Crippen molar-refractivity contribution >= 4 is 28.9 Å². The van der Waals surface area contributed by atoms with Crippen molar-refractivity contribution in [3.05, 3.63) is 28.2 Å². The third-order valence-corrected chi connectivity index (χ3v) is 7.70. The van der Waals surface area contributed by atoms with Crippen LogP contribution in [0, 0.1) is 6.92 Å². The molecule has 0 unspecified atom stereocenters. The summed E-state index contributed by atoms with van der Waals surface area (Å²) in [5.74, 6) is 1.49. The number of aryl methyl sites for hydroxylation is 1. The lowest BCUT2D eigenvalue weighted by molar-refractivity contribution is -0.124. The van der Waals surface area contributed by atoms with E-state index in [0.29, 0.717) is 17.5 Å². The van der Waals surface area contributed by atoms with Crippen molar-refractivity contribution in [1.82, 2.24) is 4.90 Å². The summed E-state index contributed by atoms with van der Waals surface area (Å²) in [6.45, 7) is 2.04. The van der Waals surface area contributed by atoms with E-state index in [2.05, 4.69) is 0 Å². The van der Waals surface area contributed by atoms with Gasteiger partial charge in [-0.3, -0.25) is 14.7 Å². The molecule has 1 aliphatic heterocycles. The Labute approximate surface area is 190 Å². The van der Waals surface area contributed by atoms with Gasteiger partial charge in [-0.05, 0) is 73.7 Å². The number of thioether (sulfide) groups is 1. The Balaban J connectivity index is 1.67. The molecule has 4 rings (SSSR count). The Kier molecular flexibility index (Phi) is 7.26. The van der Waals surface area contributed by atoms with Gasteiger partial charge in [0.05, 0.1) is 25.2 Å². The second kappa shape index (κ2) is 10.1. The Bertz CT molecular complexity index is 868. The lowest BCUT2D eigenvalue weighted by atomic mass is 9.94. The molecule has 0 bridgehead atoms. The molecule has 1 aromatic carbocycles. The zero-order valence-electron chi connectivity index (χ0n) is 19.0. The van der Waals surface area contributed by atoms with Gasteiger partial charge in [0.15, 0.2) is 16.7 Å². The predicted molar refractivity (Wildman–Crippen MR) is 128 cm³/mol. The summed E-state index contributed by atoms with van der Waals surface area (Å²) in [4.78, 5) is 21.5. The van der Waals surface area contributed by atoms with E-state index in [4.69, 9.17) is 14.5 Å². The molecule has 0 radical (unpaired) electrons. The van der Waals surface area contributed by atoms with Gasteiger partial charge < -0.3 is 9.47 Å². The third kappa shape index (κ3) is 4.94. The summed E-state index contributed by atoms with van der Waals surface area (Å²) in [5.41, 5.74) is 2.04. The van der Waals surface area contributed by atoms with Crippen LogP contribution in [0.1, 0.15) is 75.3 Å². The van der Waals surface area contributed by atoms with Gasteiger partial charge in [-0.2, -0.15) is 0 Å². The van der Waals surface area contributed by atoms with E-state index in [1.165, 1.54) is 38.5 Å². The maximum atomic E-state index is 13.6. The fourth-order valence-electron chi connectivity index (χ4n) is 4.90. The molecular weight excluding hydrogens is 408 g/mol. The number of rotatable bonds is 5. The lowest BCUT2D eigenvalue weighted by Crippen LogP contribution is -2.41. The number of carbonyl (C=O) groups excluding carboxylic acids is 1. The largest absolute Gasteiger partial charge is 0.493 e. The first kappa shape index (κ1) is 22.3. The van der Waals surface area contributed by atoms with E-state index in [0.717, 1.165) is 46.9 Å². The van der Waals surface area contributed by atoms with Gasteiger partial charge in [0.1, 0.15) is 0 Å². The number of carbonyl (C=O) groups is 1. The summed E-state index contributed by atoms with van der Waals surface area (Å²) in [6, 6.07) is 4.56. The smallest absolute Gasteiger partial charge is 0.266 e. The van der Waals surface area contributed by atoms with Gasteiger partial charge >= 0.3 is 0 Å². The number of ether oxygens (including phenoxy) is 2. The van der Waals surface area contributed by atoms with Gasteiger partial charge in [0, 0.05) is 6.04 Å². The highest BCUT2D eigenvalue weighted by molar-refractivity contribution is 8.18. The number of hydrogen-bond donors (Lipinski definition) is 0. The Morgan fingerprint density at radius 1 is 0.968 bits per heavy atom. The Hall–Kier alpha value is -1.95. The van der Waals surface area contributed by atoms with E-state index in [9.17, 15) is 4.79 Å². The Morgan fingerprint density at radius 2 is 1.58 bits per heavy atom. The highest BCUT2D eigenvalue weighted by Crippen LogP contribution is 2.40. The summed E-state index contributed by atoms with van der Waals surface area (Å²) < 4.78 is 10.9. The van der Waals surface area contributed by atoms with Crippen LogP contribution >= 0.6 is 11.8 Å². The summed E-state index contributed by atoms with van der Waals surface area (Å²) in [6.07, 6.45) is 13.9. The maximum absolute atomic E-state index is 13.6. The minimum atomic E-state index is 0.112. The molecule has 1 amide bonds. The van der Waals surface area contributed by atoms with Crippen LogP contribution in [0.3, 0.4) is 0 Å². The van der Waals surface area contributed by atoms with Crippen LogP contribution in [0.25, 0.3) is 6.08 Å². The van der Waals surface area contributed by atoms with E-state index in [1.54, 1.807) is 26.0 Å². The molecule has 1 saturated heterocycles. The molecule has 6 heteroatoms. The fourth-order valence-corrected chi connectivity index (χ4v) is 6.00. The van der Waals surface area contributed by atoms with E-state index < -0.39 is 0 Å². The SMILES string of the molecule is COc1cc(C)c(/C=C2\SC(=NC3CCCCC3)N(C3CCCCC3)C2=O)cc1OC. The standard InChI is InChI=1S/C25H34N2O3S/c1-17-14-21(29-2)22(30-3)15-18(17)16-23-24(28)27(20-12-8-5-9-13-20)25(31-23)26-19-10-6-4-7-11-19/h14-16,19-20H,4-13H2,1-3H3/b23-16-,26-25?. The molecule has 3 aliphatic rings. The van der Waals surface area contributed by atoms with Crippen molar-refractivity contribution in [2.24, 2.45) is 4.99 Å². The van der Waals surface area contributed by atoms with E-state index >= 15 is 0 Å². The molecular formula is C25H34N2O3S. The van der Waals surface area contributed by atoms with Crippen LogP contribution in [-0.4, -0.2) is 42.3 Å². The molecule has 0 aromatic heterocycles. The van der Waals surface area contributed by atoms with Crippen molar-refractivity contribution in [3.8, 4) is 11.5 Å². The van der Waals surface area contributed by atoms with Crippen LogP contribution in [0.4, 0.5) is 0 Å². The van der Waals surface area contributed by atoms with Crippen LogP contribution in [0.2, 0.25) is 0 Å². The van der Waals surface area contributed by atoms with Gasteiger partial charge in [0.25, 0.3) is 5.91 Å². The maximum Gasteiger partial charge on any atom is 0.266 e. The highest BCUT2D eigenvalue weighted by atomic mass is 32.2. The first-order chi connectivity index (χ1) is 15.1. The molecule has 0 spiro atoms. The topological polar surface area (TPSA) is 51.1 Å². The molecule has 0 N–H and O–H groups in total. The summed E-state index contributed by atoms with van der Waals surface area (Å²) in [7, 11) is 3.28. The fraction of sp³-hybridized carbons (Fsp3) is 0.600. The van der Waals surface area contributed by atoms with Gasteiger partial charge in [-0.15, -0.1) is 0 Å². The highest BCUT2D eigenvalue weighted by Gasteiger charge is 2.39. The van der Waals surface area contributed by atoms with Crippen LogP contribution < -0.4 is 9.47 Å². The molecule has 168 valence electrons. The van der Waals surface area contributed by atoms with Crippen molar-refractivity contribution in [2.45, 2.75) is 83.2 Å². The van der Waals surface area contributed by atoms with E-state index in [1.807, 2.05) is 30.0 Å². The quantitative estimate of drug-likeness (QED) is 0.529. The number of amides is 1. The number of nitrogens with zero attached hydrogens (tertiary/aromatic N) is 2. The molecule has 1 heterocycles. The minimum Gasteiger partial charge on any atom is -0.493 e. The first-order valence-electron chi connectivity index (χ1n) is 11.6. The normalized spacial score (nSPS) is 23.7. The number of hydrogen-bond acceptors (Lipinski definition) is 5. The molecule has 5 nitrogen and oxygen atoms in total. The average Bonchev–Trinajstić information content (AvgIpc) is 3.10. The molecule has 3 fully saturated rings. The van der Waals surface area contributed by atoms with E-state index in [-0.39, 0.29) is 11.9 Å². The molecule has 31 heavy (non-hydrogen) atoms. The third-order valence-electron chi connectivity index (χ3n) is 6.70. The van der Waals surface area contributed by atoms with Crippen molar-refractivity contribution in [1.29, 1.82) is 0 Å². The number of aliphatic imine (C=N–C) groups is 1.